The summed E-state index contributed by atoms with van der Waals surface area (Å²) in [7, 11) is 1.65. The third kappa shape index (κ3) is 3.34. The van der Waals surface area contributed by atoms with Crippen LogP contribution >= 0.6 is 0 Å². The van der Waals surface area contributed by atoms with Crippen molar-refractivity contribution in [3.05, 3.63) is 78.1 Å². The average molecular weight is 356 g/mol. The van der Waals surface area contributed by atoms with Crippen LogP contribution in [0.15, 0.2) is 66.9 Å². The molecule has 0 saturated carbocycles. The number of fused-ring (bicyclic) bond motifs is 1. The van der Waals surface area contributed by atoms with Gasteiger partial charge in [0.15, 0.2) is 5.75 Å². The van der Waals surface area contributed by atoms with Crippen molar-refractivity contribution < 1.29 is 9.47 Å². The molecular formula is C23H20N2O2. The van der Waals surface area contributed by atoms with Gasteiger partial charge in [-0.3, -0.25) is 4.98 Å². The van der Waals surface area contributed by atoms with Gasteiger partial charge in [0.2, 0.25) is 0 Å². The summed E-state index contributed by atoms with van der Waals surface area (Å²) in [5, 5.41) is 0.897. The molecule has 27 heavy (non-hydrogen) atoms. The van der Waals surface area contributed by atoms with Crippen molar-refractivity contribution in [1.29, 1.82) is 0 Å². The zero-order chi connectivity index (χ0) is 18.8. The lowest BCUT2D eigenvalue weighted by atomic mass is 10.1. The van der Waals surface area contributed by atoms with Crippen LogP contribution in [0.5, 0.6) is 17.2 Å². The molecule has 2 aromatic carbocycles. The zero-order valence-electron chi connectivity index (χ0n) is 15.6. The van der Waals surface area contributed by atoms with Crippen LogP contribution in [0.1, 0.15) is 11.3 Å². The van der Waals surface area contributed by atoms with Crippen molar-refractivity contribution >= 4 is 10.9 Å². The molecule has 0 bridgehead atoms. The van der Waals surface area contributed by atoms with Gasteiger partial charge in [0, 0.05) is 22.8 Å². The molecule has 0 fully saturated rings. The maximum absolute atomic E-state index is 6.35. The summed E-state index contributed by atoms with van der Waals surface area (Å²) in [6.45, 7) is 4.05. The number of hydrogen-bond acceptors (Lipinski definition) is 4. The van der Waals surface area contributed by atoms with E-state index in [0.29, 0.717) is 0 Å². The summed E-state index contributed by atoms with van der Waals surface area (Å²) in [5.74, 6) is 2.21. The Labute approximate surface area is 158 Å². The highest BCUT2D eigenvalue weighted by Gasteiger charge is 2.14. The predicted molar refractivity (Wildman–Crippen MR) is 108 cm³/mol. The first-order chi connectivity index (χ1) is 13.2. The number of aromatic nitrogens is 2. The maximum Gasteiger partial charge on any atom is 0.154 e. The van der Waals surface area contributed by atoms with E-state index in [2.05, 4.69) is 4.98 Å². The van der Waals surface area contributed by atoms with Crippen molar-refractivity contribution in [1.82, 2.24) is 9.97 Å². The minimum absolute atomic E-state index is 0.722. The lowest BCUT2D eigenvalue weighted by molar-refractivity contribution is 0.415. The summed E-state index contributed by atoms with van der Waals surface area (Å²) in [4.78, 5) is 9.21. The van der Waals surface area contributed by atoms with Crippen LogP contribution in [-0.2, 0) is 0 Å². The van der Waals surface area contributed by atoms with E-state index >= 15 is 0 Å². The Morgan fingerprint density at radius 3 is 2.44 bits per heavy atom. The lowest BCUT2D eigenvalue weighted by Gasteiger charge is -2.15. The monoisotopic (exact) mass is 356 g/mol. The highest BCUT2D eigenvalue weighted by atomic mass is 16.5. The van der Waals surface area contributed by atoms with Crippen LogP contribution in [0.25, 0.3) is 22.2 Å². The molecule has 0 aliphatic heterocycles. The van der Waals surface area contributed by atoms with Crippen LogP contribution in [0.2, 0.25) is 0 Å². The molecule has 0 radical (unpaired) electrons. The number of aryl methyl sites for hydroxylation is 2. The molecule has 0 spiro atoms. The standard InChI is InChI=1S/C23H20N2O2/c1-15-13-22(23(25-16(15)2)17-7-5-4-6-8-17)27-21-11-12-24-20-10-9-18(26-3)14-19(20)21/h4-14H,1-3H3. The van der Waals surface area contributed by atoms with Crippen molar-refractivity contribution in [2.75, 3.05) is 7.11 Å². The van der Waals surface area contributed by atoms with E-state index < -0.39 is 0 Å². The summed E-state index contributed by atoms with van der Waals surface area (Å²) in [6.07, 6.45) is 1.75. The second-order valence-corrected chi connectivity index (χ2v) is 6.40. The van der Waals surface area contributed by atoms with Gasteiger partial charge < -0.3 is 9.47 Å². The van der Waals surface area contributed by atoms with Gasteiger partial charge in [0.1, 0.15) is 17.2 Å². The van der Waals surface area contributed by atoms with Gasteiger partial charge >= 0.3 is 0 Å². The van der Waals surface area contributed by atoms with Gasteiger partial charge in [-0.2, -0.15) is 0 Å². The van der Waals surface area contributed by atoms with Crippen LogP contribution in [-0.4, -0.2) is 17.1 Å². The number of methoxy groups -OCH3 is 1. The molecule has 4 rings (SSSR count). The van der Waals surface area contributed by atoms with Gasteiger partial charge in [0.05, 0.1) is 12.6 Å². The average Bonchev–Trinajstić information content (AvgIpc) is 2.71. The van der Waals surface area contributed by atoms with E-state index in [1.807, 2.05) is 74.5 Å². The molecule has 0 N–H and O–H groups in total. The van der Waals surface area contributed by atoms with E-state index in [4.69, 9.17) is 14.5 Å². The molecule has 4 nitrogen and oxygen atoms in total. The van der Waals surface area contributed by atoms with Gasteiger partial charge in [-0.05, 0) is 49.7 Å². The Kier molecular flexibility index (Phi) is 4.47. The quantitative estimate of drug-likeness (QED) is 0.469. The summed E-state index contributed by atoms with van der Waals surface area (Å²) >= 11 is 0. The molecule has 4 heteroatoms. The van der Waals surface area contributed by atoms with E-state index in [-0.39, 0.29) is 0 Å². The number of nitrogens with zero attached hydrogens (tertiary/aromatic N) is 2. The van der Waals surface area contributed by atoms with Crippen LogP contribution in [0.4, 0.5) is 0 Å². The van der Waals surface area contributed by atoms with Gasteiger partial charge in [-0.25, -0.2) is 4.98 Å². The Morgan fingerprint density at radius 1 is 0.852 bits per heavy atom. The SMILES string of the molecule is COc1ccc2nccc(Oc3cc(C)c(C)nc3-c3ccccc3)c2c1. The highest BCUT2D eigenvalue weighted by molar-refractivity contribution is 5.86. The molecule has 0 saturated heterocycles. The van der Waals surface area contributed by atoms with E-state index in [9.17, 15) is 0 Å². The second-order valence-electron chi connectivity index (χ2n) is 6.40. The minimum atomic E-state index is 0.722. The summed E-state index contributed by atoms with van der Waals surface area (Å²) < 4.78 is 11.7. The molecule has 0 unspecified atom stereocenters. The molecule has 134 valence electrons. The van der Waals surface area contributed by atoms with Crippen molar-refractivity contribution in [2.24, 2.45) is 0 Å². The molecule has 2 heterocycles. The largest absolute Gasteiger partial charge is 0.497 e. The Hall–Kier alpha value is -3.40. The first-order valence-electron chi connectivity index (χ1n) is 8.80. The zero-order valence-corrected chi connectivity index (χ0v) is 15.6. The summed E-state index contributed by atoms with van der Waals surface area (Å²) in [5.41, 5.74) is 4.77. The number of benzene rings is 2. The van der Waals surface area contributed by atoms with Crippen LogP contribution in [0, 0.1) is 13.8 Å². The fourth-order valence-corrected chi connectivity index (χ4v) is 3.00. The van der Waals surface area contributed by atoms with E-state index in [1.165, 1.54) is 0 Å². The number of ether oxygens (including phenoxy) is 2. The normalized spacial score (nSPS) is 10.8. The fourth-order valence-electron chi connectivity index (χ4n) is 3.00. The van der Waals surface area contributed by atoms with Crippen molar-refractivity contribution in [3.63, 3.8) is 0 Å². The van der Waals surface area contributed by atoms with Gasteiger partial charge in [-0.1, -0.05) is 30.3 Å². The number of hydrogen-bond donors (Lipinski definition) is 0. The Bertz CT molecular complexity index is 1110. The molecule has 0 aliphatic rings. The number of pyridine rings is 2. The van der Waals surface area contributed by atoms with E-state index in [1.54, 1.807) is 13.3 Å². The van der Waals surface area contributed by atoms with E-state index in [0.717, 1.165) is 50.7 Å². The number of rotatable bonds is 4. The van der Waals surface area contributed by atoms with Gasteiger partial charge in [-0.15, -0.1) is 0 Å². The molecular weight excluding hydrogens is 336 g/mol. The first kappa shape index (κ1) is 17.0. The third-order valence-electron chi connectivity index (χ3n) is 4.61. The van der Waals surface area contributed by atoms with Crippen molar-refractivity contribution in [2.45, 2.75) is 13.8 Å². The topological polar surface area (TPSA) is 44.2 Å². The lowest BCUT2D eigenvalue weighted by Crippen LogP contribution is -1.97. The molecule has 0 aliphatic carbocycles. The fraction of sp³-hybridized carbons (Fsp3) is 0.130. The molecule has 0 amide bonds. The molecule has 2 aromatic heterocycles. The minimum Gasteiger partial charge on any atom is -0.497 e. The predicted octanol–water partition coefficient (Wildman–Crippen LogP) is 5.71. The second kappa shape index (κ2) is 7.08. The molecule has 4 aromatic rings. The Balaban J connectivity index is 1.86. The van der Waals surface area contributed by atoms with Crippen LogP contribution < -0.4 is 9.47 Å². The first-order valence-corrected chi connectivity index (χ1v) is 8.80. The summed E-state index contributed by atoms with van der Waals surface area (Å²) in [6, 6.07) is 19.7. The third-order valence-corrected chi connectivity index (χ3v) is 4.61. The maximum atomic E-state index is 6.35. The molecule has 0 atom stereocenters. The Morgan fingerprint density at radius 2 is 1.67 bits per heavy atom. The van der Waals surface area contributed by atoms with Crippen molar-refractivity contribution in [3.8, 4) is 28.5 Å². The smallest absolute Gasteiger partial charge is 0.154 e. The van der Waals surface area contributed by atoms with Gasteiger partial charge in [0.25, 0.3) is 0 Å². The van der Waals surface area contributed by atoms with Crippen LogP contribution in [0.3, 0.4) is 0 Å². The highest BCUT2D eigenvalue weighted by Crippen LogP contribution is 2.36.